The fourth-order valence-corrected chi connectivity index (χ4v) is 3.67. The molecule has 0 amide bonds. The Morgan fingerprint density at radius 2 is 1.85 bits per heavy atom. The van der Waals surface area contributed by atoms with Gasteiger partial charge in [0.05, 0.1) is 7.11 Å². The Bertz CT molecular complexity index is 421. The van der Waals surface area contributed by atoms with Gasteiger partial charge < -0.3 is 15.0 Å². The highest BCUT2D eigenvalue weighted by atomic mass is 16.5. The van der Waals surface area contributed by atoms with E-state index in [0.29, 0.717) is 5.92 Å². The van der Waals surface area contributed by atoms with Gasteiger partial charge in [-0.05, 0) is 75.5 Å². The van der Waals surface area contributed by atoms with Crippen LogP contribution in [0.3, 0.4) is 0 Å². The van der Waals surface area contributed by atoms with Crippen LogP contribution < -0.4 is 10.1 Å². The summed E-state index contributed by atoms with van der Waals surface area (Å²) in [5, 5.41) is 3.46. The number of hydrogen-bond acceptors (Lipinski definition) is 3. The van der Waals surface area contributed by atoms with Gasteiger partial charge in [-0.3, -0.25) is 0 Å². The molecule has 3 nitrogen and oxygen atoms in total. The molecule has 0 saturated carbocycles. The van der Waals surface area contributed by atoms with E-state index in [2.05, 4.69) is 28.4 Å². The maximum atomic E-state index is 5.34. The molecular formula is C17H26N2O. The van der Waals surface area contributed by atoms with Crippen molar-refractivity contribution in [2.24, 2.45) is 0 Å². The Hall–Kier alpha value is -1.06. The molecule has 1 aromatic carbocycles. The Balaban J connectivity index is 1.57. The molecule has 0 unspecified atom stereocenters. The number of hydrogen-bond donors (Lipinski definition) is 1. The number of ether oxygens (including phenoxy) is 1. The van der Waals surface area contributed by atoms with Gasteiger partial charge >= 0.3 is 0 Å². The molecule has 3 heteroatoms. The number of methoxy groups -OCH3 is 1. The van der Waals surface area contributed by atoms with Crippen molar-refractivity contribution in [3.8, 4) is 5.75 Å². The van der Waals surface area contributed by atoms with Crippen LogP contribution in [0.15, 0.2) is 24.3 Å². The van der Waals surface area contributed by atoms with E-state index in [1.54, 1.807) is 7.11 Å². The number of piperidine rings is 2. The van der Waals surface area contributed by atoms with Crippen molar-refractivity contribution in [2.45, 2.75) is 37.6 Å². The Labute approximate surface area is 122 Å². The smallest absolute Gasteiger partial charge is 0.119 e. The predicted octanol–water partition coefficient (Wildman–Crippen LogP) is 2.63. The van der Waals surface area contributed by atoms with E-state index >= 15 is 0 Å². The van der Waals surface area contributed by atoms with Crippen molar-refractivity contribution in [3.63, 3.8) is 0 Å². The topological polar surface area (TPSA) is 24.5 Å². The normalized spacial score (nSPS) is 22.9. The van der Waals surface area contributed by atoms with Crippen LogP contribution in [0.4, 0.5) is 0 Å². The first-order valence-corrected chi connectivity index (χ1v) is 7.95. The van der Waals surface area contributed by atoms with Crippen molar-refractivity contribution >= 4 is 0 Å². The summed E-state index contributed by atoms with van der Waals surface area (Å²) in [5.41, 5.74) is 1.45. The number of benzene rings is 1. The van der Waals surface area contributed by atoms with E-state index in [0.717, 1.165) is 11.8 Å². The molecule has 0 atom stereocenters. The van der Waals surface area contributed by atoms with Gasteiger partial charge in [-0.2, -0.15) is 0 Å². The first kappa shape index (κ1) is 13.9. The molecule has 0 radical (unpaired) electrons. The van der Waals surface area contributed by atoms with Crippen LogP contribution in [0.25, 0.3) is 0 Å². The van der Waals surface area contributed by atoms with Crippen LogP contribution in [-0.4, -0.2) is 44.2 Å². The zero-order valence-electron chi connectivity index (χ0n) is 12.5. The number of likely N-dealkylation sites (tertiary alicyclic amines) is 1. The zero-order valence-corrected chi connectivity index (χ0v) is 12.5. The molecule has 0 aliphatic carbocycles. The number of nitrogens with one attached hydrogen (secondary N) is 1. The molecule has 0 bridgehead atoms. The summed E-state index contributed by atoms with van der Waals surface area (Å²) >= 11 is 0. The van der Waals surface area contributed by atoms with Crippen molar-refractivity contribution in [1.82, 2.24) is 10.2 Å². The third-order valence-electron chi connectivity index (χ3n) is 4.92. The second-order valence-corrected chi connectivity index (χ2v) is 6.07. The summed E-state index contributed by atoms with van der Waals surface area (Å²) in [4.78, 5) is 2.72. The molecule has 2 aliphatic rings. The van der Waals surface area contributed by atoms with Crippen LogP contribution in [0, 0.1) is 0 Å². The lowest BCUT2D eigenvalue weighted by molar-refractivity contribution is 0.127. The second kappa shape index (κ2) is 6.59. The van der Waals surface area contributed by atoms with Gasteiger partial charge in [0.15, 0.2) is 0 Å². The molecule has 2 fully saturated rings. The lowest BCUT2D eigenvalue weighted by Crippen LogP contribution is -2.46. The van der Waals surface area contributed by atoms with Crippen molar-refractivity contribution in [2.75, 3.05) is 33.3 Å². The minimum absolute atomic E-state index is 0.711. The molecule has 0 spiro atoms. The molecule has 2 heterocycles. The molecule has 3 rings (SSSR count). The highest BCUT2D eigenvalue weighted by Gasteiger charge is 2.26. The van der Waals surface area contributed by atoms with Gasteiger partial charge in [0.25, 0.3) is 0 Å². The summed E-state index contributed by atoms with van der Waals surface area (Å²) in [7, 11) is 1.75. The zero-order chi connectivity index (χ0) is 13.8. The van der Waals surface area contributed by atoms with Crippen molar-refractivity contribution < 1.29 is 4.74 Å². The lowest BCUT2D eigenvalue weighted by atomic mass is 9.88. The van der Waals surface area contributed by atoms with Gasteiger partial charge in [-0.1, -0.05) is 12.1 Å². The summed E-state index contributed by atoms with van der Waals surface area (Å²) in [5.74, 6) is 1.70. The minimum Gasteiger partial charge on any atom is -0.497 e. The third kappa shape index (κ3) is 3.15. The fourth-order valence-electron chi connectivity index (χ4n) is 3.67. The van der Waals surface area contributed by atoms with Crippen molar-refractivity contribution in [1.29, 1.82) is 0 Å². The highest BCUT2D eigenvalue weighted by Crippen LogP contribution is 2.31. The average Bonchev–Trinajstić information content (AvgIpc) is 2.56. The maximum absolute atomic E-state index is 5.34. The van der Waals surface area contributed by atoms with E-state index in [4.69, 9.17) is 4.74 Å². The van der Waals surface area contributed by atoms with Gasteiger partial charge in [0, 0.05) is 6.04 Å². The maximum Gasteiger partial charge on any atom is 0.119 e. The van der Waals surface area contributed by atoms with E-state index < -0.39 is 0 Å². The van der Waals surface area contributed by atoms with Gasteiger partial charge in [0.1, 0.15) is 5.75 Å². The molecule has 1 N–H and O–H groups in total. The molecule has 110 valence electrons. The van der Waals surface area contributed by atoms with Gasteiger partial charge in [-0.25, -0.2) is 0 Å². The fraction of sp³-hybridized carbons (Fsp3) is 0.647. The van der Waals surface area contributed by atoms with Crippen LogP contribution >= 0.6 is 0 Å². The number of nitrogens with zero attached hydrogens (tertiary/aromatic N) is 1. The monoisotopic (exact) mass is 274 g/mol. The average molecular weight is 274 g/mol. The Morgan fingerprint density at radius 1 is 1.10 bits per heavy atom. The van der Waals surface area contributed by atoms with E-state index in [9.17, 15) is 0 Å². The second-order valence-electron chi connectivity index (χ2n) is 6.07. The lowest BCUT2D eigenvalue weighted by Gasteiger charge is -2.39. The van der Waals surface area contributed by atoms with Gasteiger partial charge in [0.2, 0.25) is 0 Å². The number of rotatable bonds is 3. The quantitative estimate of drug-likeness (QED) is 0.917. The summed E-state index contributed by atoms with van der Waals surface area (Å²) in [6.45, 7) is 4.90. The SMILES string of the molecule is COc1cccc(C2CCN(C3CCNCC3)CC2)c1. The largest absolute Gasteiger partial charge is 0.497 e. The summed E-state index contributed by atoms with van der Waals surface area (Å²) in [6.07, 6.45) is 5.22. The molecule has 20 heavy (non-hydrogen) atoms. The first-order chi connectivity index (χ1) is 9.86. The third-order valence-corrected chi connectivity index (χ3v) is 4.92. The van der Waals surface area contributed by atoms with Crippen molar-refractivity contribution in [3.05, 3.63) is 29.8 Å². The Morgan fingerprint density at radius 3 is 2.55 bits per heavy atom. The molecule has 1 aromatic rings. The molecule has 0 aromatic heterocycles. The van der Waals surface area contributed by atoms with Gasteiger partial charge in [-0.15, -0.1) is 0 Å². The molecule has 2 aliphatic heterocycles. The van der Waals surface area contributed by atoms with Crippen LogP contribution in [0.2, 0.25) is 0 Å². The first-order valence-electron chi connectivity index (χ1n) is 7.95. The van der Waals surface area contributed by atoms with E-state index in [1.807, 2.05) is 6.07 Å². The summed E-state index contributed by atoms with van der Waals surface area (Å²) < 4.78 is 5.34. The predicted molar refractivity (Wildman–Crippen MR) is 82.4 cm³/mol. The standard InChI is InChI=1S/C17H26N2O/c1-20-17-4-2-3-15(13-17)14-7-11-19(12-8-14)16-5-9-18-10-6-16/h2-4,13-14,16,18H,5-12H2,1H3. The van der Waals surface area contributed by atoms with Crippen LogP contribution in [0.1, 0.15) is 37.2 Å². The Kier molecular flexibility index (Phi) is 4.58. The molecular weight excluding hydrogens is 248 g/mol. The van der Waals surface area contributed by atoms with E-state index in [1.165, 1.54) is 57.4 Å². The van der Waals surface area contributed by atoms with Crippen LogP contribution in [-0.2, 0) is 0 Å². The minimum atomic E-state index is 0.711. The highest BCUT2D eigenvalue weighted by molar-refractivity contribution is 5.31. The van der Waals surface area contributed by atoms with E-state index in [-0.39, 0.29) is 0 Å². The van der Waals surface area contributed by atoms with Crippen LogP contribution in [0.5, 0.6) is 5.75 Å². The molecule has 2 saturated heterocycles. The summed E-state index contributed by atoms with van der Waals surface area (Å²) in [6, 6.07) is 9.45.